The van der Waals surface area contributed by atoms with E-state index < -0.39 is 0 Å². The number of rotatable bonds is 11. The topological polar surface area (TPSA) is 68.2 Å². The number of ether oxygens (including phenoxy) is 3. The van der Waals surface area contributed by atoms with Crippen LogP contribution < -0.4 is 0 Å². The first-order valence-electron chi connectivity index (χ1n) is 5.69. The van der Waals surface area contributed by atoms with Crippen molar-refractivity contribution in [3.05, 3.63) is 38.5 Å². The number of hydrogen-bond acceptors (Lipinski definition) is 5. The Hall–Kier alpha value is -1.46. The van der Waals surface area contributed by atoms with Gasteiger partial charge in [0.2, 0.25) is 0 Å². The van der Waals surface area contributed by atoms with Gasteiger partial charge in [-0.2, -0.15) is 0 Å². The minimum atomic E-state index is -0.168. The molecule has 0 unspecified atom stereocenters. The normalized spacial score (nSPS) is 8.83. The highest BCUT2D eigenvalue weighted by Gasteiger charge is 2.07. The van der Waals surface area contributed by atoms with Crippen molar-refractivity contribution in [1.29, 1.82) is 0 Å². The minimum Gasteiger partial charge on any atom is -0.498 e. The van der Waals surface area contributed by atoms with E-state index in [4.69, 9.17) is 24.4 Å². The average Bonchev–Trinajstić information content (AvgIpc) is 2.40. The summed E-state index contributed by atoms with van der Waals surface area (Å²) in [6, 6.07) is 0. The Morgan fingerprint density at radius 2 is 1.28 bits per heavy atom. The predicted molar refractivity (Wildman–Crippen MR) is 70.8 cm³/mol. The highest BCUT2D eigenvalue weighted by molar-refractivity contribution is 4.64. The van der Waals surface area contributed by atoms with E-state index in [-0.39, 0.29) is 19.3 Å². The second-order valence-electron chi connectivity index (χ2n) is 3.08. The van der Waals surface area contributed by atoms with Crippen molar-refractivity contribution < 1.29 is 24.4 Å². The third kappa shape index (κ3) is 17.0. The van der Waals surface area contributed by atoms with Gasteiger partial charge in [-0.25, -0.2) is 0 Å². The summed E-state index contributed by atoms with van der Waals surface area (Å²) in [5.41, 5.74) is 0. The van der Waals surface area contributed by atoms with Gasteiger partial charge in [-0.15, -0.1) is 0 Å². The molecule has 0 aromatic heterocycles. The zero-order chi connectivity index (χ0) is 14.1. The molecule has 0 heterocycles. The summed E-state index contributed by atoms with van der Waals surface area (Å²) in [6.07, 6.45) is 5.33. The first-order chi connectivity index (χ1) is 8.76. The monoisotopic (exact) mass is 260 g/mol. The van der Waals surface area contributed by atoms with Gasteiger partial charge in [0.1, 0.15) is 13.2 Å². The number of hydrogen-bond donors (Lipinski definition) is 2. The highest BCUT2D eigenvalue weighted by atomic mass is 16.5. The minimum absolute atomic E-state index is 0.168. The van der Waals surface area contributed by atoms with Gasteiger partial charge in [0, 0.05) is 13.2 Å². The van der Waals surface area contributed by atoms with Gasteiger partial charge >= 0.3 is 0 Å². The molecule has 0 aliphatic carbocycles. The van der Waals surface area contributed by atoms with Crippen LogP contribution in [-0.4, -0.2) is 42.7 Å². The maximum atomic E-state index is 8.09. The first-order valence-corrected chi connectivity index (χ1v) is 5.69. The third-order valence-electron chi connectivity index (χ3n) is 1.65. The van der Waals surface area contributed by atoms with E-state index in [1.165, 1.54) is 18.8 Å². The molecular weight excluding hydrogens is 236 g/mol. The Bertz CT molecular complexity index is 178. The predicted octanol–water partition coefficient (Wildman–Crippen LogP) is 1.59. The molecule has 0 aliphatic heterocycles. The van der Waals surface area contributed by atoms with Crippen LogP contribution in [0.2, 0.25) is 0 Å². The van der Waals surface area contributed by atoms with E-state index in [0.29, 0.717) is 13.2 Å². The van der Waals surface area contributed by atoms with Crippen molar-refractivity contribution in [2.75, 3.05) is 26.4 Å². The van der Waals surface area contributed by atoms with Gasteiger partial charge in [0.15, 0.2) is 6.10 Å². The number of aliphatic hydroxyl groups excluding tert-OH is 2. The fourth-order valence-electron chi connectivity index (χ4n) is 0.837. The van der Waals surface area contributed by atoms with Gasteiger partial charge in [0.05, 0.1) is 18.8 Å². The van der Waals surface area contributed by atoms with Crippen LogP contribution in [0.1, 0.15) is 12.8 Å². The summed E-state index contributed by atoms with van der Waals surface area (Å²) in [5.74, 6) is 0. The van der Waals surface area contributed by atoms with E-state index >= 15 is 0 Å². The molecule has 2 N–H and O–H groups in total. The van der Waals surface area contributed by atoms with Crippen molar-refractivity contribution in [2.45, 2.75) is 18.9 Å². The van der Waals surface area contributed by atoms with Gasteiger partial charge in [0.25, 0.3) is 0 Å². The van der Waals surface area contributed by atoms with Crippen LogP contribution >= 0.6 is 0 Å². The fraction of sp³-hybridized carbons (Fsp3) is 0.538. The smallest absolute Gasteiger partial charge is 0.165 e. The average molecular weight is 260 g/mol. The molecule has 0 amide bonds. The van der Waals surface area contributed by atoms with E-state index in [0.717, 1.165) is 12.8 Å². The molecule has 0 atom stereocenters. The van der Waals surface area contributed by atoms with Crippen molar-refractivity contribution in [3.63, 3.8) is 0 Å². The Labute approximate surface area is 109 Å². The number of unbranched alkanes of at least 4 members (excludes halogenated alkanes) is 1. The maximum Gasteiger partial charge on any atom is 0.165 e. The molecule has 0 fully saturated rings. The van der Waals surface area contributed by atoms with Crippen molar-refractivity contribution in [3.8, 4) is 0 Å². The molecule has 5 heteroatoms. The standard InChI is InChI=1S/C9H14O3.C4H10O2/c1-4-10-7-9(12-6-3)8-11-5-2;5-3-1-2-4-6/h4-6,9H,1-3,7-8H2;5-6H,1-4H2. The Morgan fingerprint density at radius 3 is 1.56 bits per heavy atom. The van der Waals surface area contributed by atoms with Crippen LogP contribution in [0.25, 0.3) is 0 Å². The van der Waals surface area contributed by atoms with Crippen molar-refractivity contribution in [1.82, 2.24) is 0 Å². The van der Waals surface area contributed by atoms with Gasteiger partial charge < -0.3 is 24.4 Å². The second kappa shape index (κ2) is 17.9. The Morgan fingerprint density at radius 1 is 0.833 bits per heavy atom. The van der Waals surface area contributed by atoms with Crippen LogP contribution in [0.4, 0.5) is 0 Å². The van der Waals surface area contributed by atoms with E-state index in [2.05, 4.69) is 19.7 Å². The van der Waals surface area contributed by atoms with E-state index in [9.17, 15) is 0 Å². The summed E-state index contributed by atoms with van der Waals surface area (Å²) in [4.78, 5) is 0. The van der Waals surface area contributed by atoms with Crippen LogP contribution in [0.15, 0.2) is 38.5 Å². The molecule has 0 saturated heterocycles. The van der Waals surface area contributed by atoms with E-state index in [1.54, 1.807) is 0 Å². The van der Waals surface area contributed by atoms with Crippen LogP contribution in [0.5, 0.6) is 0 Å². The van der Waals surface area contributed by atoms with Crippen molar-refractivity contribution in [2.24, 2.45) is 0 Å². The molecule has 18 heavy (non-hydrogen) atoms. The molecular formula is C13H24O5. The lowest BCUT2D eigenvalue weighted by Gasteiger charge is -2.14. The first kappa shape index (κ1) is 18.9. The summed E-state index contributed by atoms with van der Waals surface area (Å²) >= 11 is 0. The van der Waals surface area contributed by atoms with E-state index in [1.807, 2.05) is 0 Å². The number of aliphatic hydroxyl groups is 2. The maximum absolute atomic E-state index is 8.09. The lowest BCUT2D eigenvalue weighted by Crippen LogP contribution is -2.21. The van der Waals surface area contributed by atoms with Crippen LogP contribution in [-0.2, 0) is 14.2 Å². The zero-order valence-electron chi connectivity index (χ0n) is 10.8. The molecule has 0 saturated carbocycles. The van der Waals surface area contributed by atoms with Gasteiger partial charge in [-0.1, -0.05) is 19.7 Å². The zero-order valence-corrected chi connectivity index (χ0v) is 10.8. The second-order valence-corrected chi connectivity index (χ2v) is 3.08. The summed E-state index contributed by atoms with van der Waals surface area (Å²) in [6.45, 7) is 11.4. The molecule has 0 aliphatic rings. The molecule has 5 nitrogen and oxygen atoms in total. The van der Waals surface area contributed by atoms with Gasteiger partial charge in [-0.05, 0) is 12.8 Å². The Balaban J connectivity index is 0. The highest BCUT2D eigenvalue weighted by Crippen LogP contribution is 1.95. The molecule has 0 radical (unpaired) electrons. The molecule has 0 bridgehead atoms. The third-order valence-corrected chi connectivity index (χ3v) is 1.65. The molecule has 0 aromatic rings. The largest absolute Gasteiger partial charge is 0.498 e. The SMILES string of the molecule is C=COCC(COC=C)OC=C.OCCCCO. The summed E-state index contributed by atoms with van der Waals surface area (Å²) in [5, 5.41) is 16.2. The van der Waals surface area contributed by atoms with Crippen molar-refractivity contribution >= 4 is 0 Å². The van der Waals surface area contributed by atoms with Crippen LogP contribution in [0.3, 0.4) is 0 Å². The summed E-state index contributed by atoms with van der Waals surface area (Å²) < 4.78 is 14.9. The summed E-state index contributed by atoms with van der Waals surface area (Å²) in [7, 11) is 0. The lowest BCUT2D eigenvalue weighted by molar-refractivity contribution is 0.0219. The molecule has 0 aromatic carbocycles. The quantitative estimate of drug-likeness (QED) is 0.436. The molecule has 106 valence electrons. The lowest BCUT2D eigenvalue weighted by atomic mass is 10.3. The molecule has 0 rings (SSSR count). The van der Waals surface area contributed by atoms with Crippen LogP contribution in [0, 0.1) is 0 Å². The Kier molecular flexibility index (Phi) is 18.8. The fourth-order valence-corrected chi connectivity index (χ4v) is 0.837. The van der Waals surface area contributed by atoms with Gasteiger partial charge in [-0.3, -0.25) is 0 Å². The molecule has 0 spiro atoms.